The number of benzene rings is 1. The molecule has 1 amide bonds. The molecule has 3 atom stereocenters. The van der Waals surface area contributed by atoms with E-state index in [-0.39, 0.29) is 12.1 Å². The first kappa shape index (κ1) is 14.8. The first-order valence-corrected chi connectivity index (χ1v) is 8.68. The highest BCUT2D eigenvalue weighted by Crippen LogP contribution is 2.36. The molecular formula is C18H25N3O2. The highest BCUT2D eigenvalue weighted by atomic mass is 16.7. The summed E-state index contributed by atoms with van der Waals surface area (Å²) in [6.07, 6.45) is 4.27. The molecule has 5 nitrogen and oxygen atoms in total. The molecule has 2 bridgehead atoms. The van der Waals surface area contributed by atoms with E-state index in [4.69, 9.17) is 4.84 Å². The summed E-state index contributed by atoms with van der Waals surface area (Å²) >= 11 is 0. The Morgan fingerprint density at radius 3 is 2.65 bits per heavy atom. The molecular weight excluding hydrogens is 290 g/mol. The summed E-state index contributed by atoms with van der Waals surface area (Å²) in [5, 5.41) is 4.82. The average molecular weight is 315 g/mol. The van der Waals surface area contributed by atoms with Crippen LogP contribution in [0.3, 0.4) is 0 Å². The Kier molecular flexibility index (Phi) is 3.68. The second-order valence-corrected chi connectivity index (χ2v) is 7.26. The van der Waals surface area contributed by atoms with Gasteiger partial charge in [-0.05, 0) is 44.4 Å². The number of carbonyl (C=O) groups excluding carboxylic acids is 1. The number of hydroxylamine groups is 1. The van der Waals surface area contributed by atoms with E-state index in [1.807, 2.05) is 18.2 Å². The number of amides is 1. The largest absolute Gasteiger partial charge is 0.431 e. The van der Waals surface area contributed by atoms with E-state index in [0.29, 0.717) is 18.0 Å². The fraction of sp³-hybridized carbons (Fsp3) is 0.611. The molecule has 1 aromatic carbocycles. The summed E-state index contributed by atoms with van der Waals surface area (Å²) in [5.41, 5.74) is 2.26. The molecule has 3 unspecified atom stereocenters. The topological polar surface area (TPSA) is 44.8 Å². The molecule has 0 saturated carbocycles. The van der Waals surface area contributed by atoms with Gasteiger partial charge in [0.25, 0.3) is 0 Å². The van der Waals surface area contributed by atoms with Crippen LogP contribution in [0.1, 0.15) is 44.1 Å². The lowest BCUT2D eigenvalue weighted by atomic mass is 9.98. The summed E-state index contributed by atoms with van der Waals surface area (Å²) in [6, 6.07) is 9.62. The predicted molar refractivity (Wildman–Crippen MR) is 89.4 cm³/mol. The molecule has 3 aliphatic heterocycles. The van der Waals surface area contributed by atoms with Crippen molar-refractivity contribution in [2.75, 3.05) is 18.7 Å². The van der Waals surface area contributed by atoms with Crippen molar-refractivity contribution >= 4 is 11.8 Å². The highest BCUT2D eigenvalue weighted by Gasteiger charge is 2.39. The van der Waals surface area contributed by atoms with Crippen LogP contribution in [0.2, 0.25) is 0 Å². The number of nitrogens with one attached hydrogen (secondary N) is 1. The molecule has 3 heterocycles. The number of nitrogens with zero attached hydrogens (tertiary/aromatic N) is 2. The predicted octanol–water partition coefficient (Wildman–Crippen LogP) is 2.88. The van der Waals surface area contributed by atoms with Crippen LogP contribution in [-0.2, 0) is 4.84 Å². The Bertz CT molecular complexity index is 592. The van der Waals surface area contributed by atoms with Crippen molar-refractivity contribution in [3.05, 3.63) is 29.8 Å². The molecule has 3 aliphatic rings. The molecule has 4 rings (SSSR count). The van der Waals surface area contributed by atoms with Gasteiger partial charge in [-0.1, -0.05) is 25.1 Å². The second-order valence-electron chi connectivity index (χ2n) is 7.26. The summed E-state index contributed by atoms with van der Waals surface area (Å²) in [7, 11) is 2.21. The van der Waals surface area contributed by atoms with Gasteiger partial charge in [-0.15, -0.1) is 0 Å². The lowest BCUT2D eigenvalue weighted by molar-refractivity contribution is 0.112. The lowest BCUT2D eigenvalue weighted by Gasteiger charge is -2.36. The van der Waals surface area contributed by atoms with Crippen molar-refractivity contribution in [1.29, 1.82) is 0 Å². The van der Waals surface area contributed by atoms with Gasteiger partial charge in [0.05, 0.1) is 12.2 Å². The zero-order valence-electron chi connectivity index (χ0n) is 13.9. The van der Waals surface area contributed by atoms with E-state index in [9.17, 15) is 4.79 Å². The number of carbonyl (C=O) groups is 1. The minimum atomic E-state index is -0.317. The normalized spacial score (nSPS) is 32.7. The van der Waals surface area contributed by atoms with Gasteiger partial charge in [-0.3, -0.25) is 0 Å². The maximum atomic E-state index is 12.3. The molecule has 0 spiro atoms. The van der Waals surface area contributed by atoms with E-state index in [2.05, 4.69) is 30.3 Å². The highest BCUT2D eigenvalue weighted by molar-refractivity contribution is 5.70. The van der Waals surface area contributed by atoms with Gasteiger partial charge in [0, 0.05) is 24.0 Å². The lowest BCUT2D eigenvalue weighted by Crippen LogP contribution is -2.49. The SMILES string of the molecule is CC1CN(OC(=O)NC2CC3CCC(C2)N3C)c2ccccc21. The van der Waals surface area contributed by atoms with Crippen LogP contribution < -0.4 is 10.4 Å². The minimum Gasteiger partial charge on any atom is -0.322 e. The van der Waals surface area contributed by atoms with Gasteiger partial charge in [-0.2, -0.15) is 0 Å². The monoisotopic (exact) mass is 315 g/mol. The number of piperidine rings is 1. The third-order valence-electron chi connectivity index (χ3n) is 5.79. The quantitative estimate of drug-likeness (QED) is 0.911. The number of hydrogen-bond donors (Lipinski definition) is 1. The summed E-state index contributed by atoms with van der Waals surface area (Å²) < 4.78 is 0. The molecule has 0 aromatic heterocycles. The van der Waals surface area contributed by atoms with Gasteiger partial charge in [-0.25, -0.2) is 9.86 Å². The number of para-hydroxylation sites is 1. The van der Waals surface area contributed by atoms with Crippen molar-refractivity contribution in [3.8, 4) is 0 Å². The Hall–Kier alpha value is -1.75. The van der Waals surface area contributed by atoms with Crippen LogP contribution in [0.5, 0.6) is 0 Å². The van der Waals surface area contributed by atoms with Gasteiger partial charge in [0.1, 0.15) is 0 Å². The summed E-state index contributed by atoms with van der Waals surface area (Å²) in [6.45, 7) is 2.89. The fourth-order valence-electron chi connectivity index (χ4n) is 4.49. The van der Waals surface area contributed by atoms with Gasteiger partial charge < -0.3 is 15.1 Å². The van der Waals surface area contributed by atoms with Crippen LogP contribution in [0.4, 0.5) is 10.5 Å². The third kappa shape index (κ3) is 2.67. The maximum Gasteiger partial charge on any atom is 0.431 e. The molecule has 2 saturated heterocycles. The minimum absolute atomic E-state index is 0.242. The van der Waals surface area contributed by atoms with E-state index in [1.165, 1.54) is 18.4 Å². The van der Waals surface area contributed by atoms with Crippen LogP contribution >= 0.6 is 0 Å². The molecule has 124 valence electrons. The van der Waals surface area contributed by atoms with E-state index < -0.39 is 0 Å². The van der Waals surface area contributed by atoms with Crippen molar-refractivity contribution in [2.45, 2.75) is 56.7 Å². The van der Waals surface area contributed by atoms with Crippen molar-refractivity contribution in [1.82, 2.24) is 10.2 Å². The maximum absolute atomic E-state index is 12.3. The van der Waals surface area contributed by atoms with Crippen molar-refractivity contribution < 1.29 is 9.63 Å². The number of fused-ring (bicyclic) bond motifs is 3. The average Bonchev–Trinajstić information content (AvgIpc) is 2.92. The molecule has 23 heavy (non-hydrogen) atoms. The van der Waals surface area contributed by atoms with E-state index in [0.717, 1.165) is 25.1 Å². The van der Waals surface area contributed by atoms with E-state index in [1.54, 1.807) is 5.06 Å². The van der Waals surface area contributed by atoms with Crippen LogP contribution in [0, 0.1) is 0 Å². The molecule has 1 aromatic rings. The van der Waals surface area contributed by atoms with E-state index >= 15 is 0 Å². The third-order valence-corrected chi connectivity index (χ3v) is 5.79. The Morgan fingerprint density at radius 2 is 1.91 bits per heavy atom. The first-order valence-electron chi connectivity index (χ1n) is 8.68. The van der Waals surface area contributed by atoms with Gasteiger partial charge in [0.15, 0.2) is 0 Å². The Morgan fingerprint density at radius 1 is 1.22 bits per heavy atom. The first-order chi connectivity index (χ1) is 11.1. The van der Waals surface area contributed by atoms with Crippen LogP contribution in [0.15, 0.2) is 24.3 Å². The fourth-order valence-corrected chi connectivity index (χ4v) is 4.49. The zero-order valence-corrected chi connectivity index (χ0v) is 13.9. The number of rotatable bonds is 2. The number of hydrogen-bond acceptors (Lipinski definition) is 4. The summed E-state index contributed by atoms with van der Waals surface area (Å²) in [5.74, 6) is 0.387. The Balaban J connectivity index is 1.36. The zero-order chi connectivity index (χ0) is 16.0. The van der Waals surface area contributed by atoms with Gasteiger partial charge in [0.2, 0.25) is 0 Å². The molecule has 2 fully saturated rings. The van der Waals surface area contributed by atoms with Crippen LogP contribution in [0.25, 0.3) is 0 Å². The molecule has 0 aliphatic carbocycles. The Labute approximate surface area is 137 Å². The summed E-state index contributed by atoms with van der Waals surface area (Å²) in [4.78, 5) is 20.4. The molecule has 1 N–H and O–H groups in total. The number of anilines is 1. The standard InChI is InChI=1S/C18H25N3O2/c1-12-11-21(17-6-4-3-5-16(12)17)23-18(22)19-13-9-14-7-8-15(10-13)20(14)2/h3-6,12-15H,7-11H2,1-2H3,(H,19,22). The second kappa shape index (κ2) is 5.71. The van der Waals surface area contributed by atoms with Gasteiger partial charge >= 0.3 is 6.09 Å². The van der Waals surface area contributed by atoms with Crippen molar-refractivity contribution in [3.63, 3.8) is 0 Å². The van der Waals surface area contributed by atoms with Crippen LogP contribution in [-0.4, -0.2) is 42.7 Å². The molecule has 5 heteroatoms. The van der Waals surface area contributed by atoms with Crippen molar-refractivity contribution in [2.24, 2.45) is 0 Å². The molecule has 0 radical (unpaired) electrons. The smallest absolute Gasteiger partial charge is 0.322 e.